The van der Waals surface area contributed by atoms with Gasteiger partial charge in [-0.25, -0.2) is 15.0 Å². The van der Waals surface area contributed by atoms with E-state index in [1.807, 2.05) is 6.07 Å². The topological polar surface area (TPSA) is 143 Å². The predicted octanol–water partition coefficient (Wildman–Crippen LogP) is -0.893. The van der Waals surface area contributed by atoms with Crippen molar-refractivity contribution in [2.75, 3.05) is 5.73 Å². The van der Waals surface area contributed by atoms with Gasteiger partial charge in [0.2, 0.25) is 0 Å². The number of anilines is 1. The Bertz CT molecular complexity index is 736. The Morgan fingerprint density at radius 1 is 1.33 bits per heavy atom. The highest BCUT2D eigenvalue weighted by atomic mass is 16.6. The summed E-state index contributed by atoms with van der Waals surface area (Å²) in [7, 11) is 0. The highest BCUT2D eigenvalue weighted by molar-refractivity contribution is 5.81. The van der Waals surface area contributed by atoms with Crippen LogP contribution in [0, 0.1) is 11.3 Å². The number of imidazole rings is 1. The van der Waals surface area contributed by atoms with Crippen molar-refractivity contribution in [3.05, 3.63) is 24.8 Å². The summed E-state index contributed by atoms with van der Waals surface area (Å²) in [5, 5.41) is 28.6. The number of aliphatic hydroxyl groups excluding tert-OH is 2. The first-order chi connectivity index (χ1) is 10.1. The molecule has 2 aromatic heterocycles. The maximum atomic E-state index is 10.1. The monoisotopic (exact) mass is 288 g/mol. The van der Waals surface area contributed by atoms with Gasteiger partial charge < -0.3 is 20.7 Å². The van der Waals surface area contributed by atoms with Crippen LogP contribution in [0.3, 0.4) is 0 Å². The molecule has 21 heavy (non-hydrogen) atoms. The van der Waals surface area contributed by atoms with Crippen LogP contribution in [0.2, 0.25) is 0 Å². The Balaban J connectivity index is 1.98. The highest BCUT2D eigenvalue weighted by Gasteiger charge is 2.43. The summed E-state index contributed by atoms with van der Waals surface area (Å²) in [4.78, 5) is 12.0. The number of rotatable bonds is 2. The molecule has 1 aliphatic rings. The second-order valence-corrected chi connectivity index (χ2v) is 4.54. The third-order valence-electron chi connectivity index (χ3n) is 3.30. The molecule has 4 atom stereocenters. The number of ether oxygens (including phenoxy) is 1. The fourth-order valence-electron chi connectivity index (χ4n) is 2.27. The smallest absolute Gasteiger partial charge is 0.167 e. The van der Waals surface area contributed by atoms with Gasteiger partial charge in [-0.05, 0) is 6.08 Å². The lowest BCUT2D eigenvalue weighted by Gasteiger charge is -2.16. The molecular formula is C12H12N6O3. The molecule has 0 aromatic carbocycles. The van der Waals surface area contributed by atoms with Crippen molar-refractivity contribution >= 4 is 17.0 Å². The van der Waals surface area contributed by atoms with E-state index in [4.69, 9.17) is 15.7 Å². The van der Waals surface area contributed by atoms with E-state index in [-0.39, 0.29) is 5.82 Å². The largest absolute Gasteiger partial charge is 0.387 e. The van der Waals surface area contributed by atoms with E-state index >= 15 is 0 Å². The summed E-state index contributed by atoms with van der Waals surface area (Å²) in [6.07, 6.45) is 1.25. The van der Waals surface area contributed by atoms with E-state index < -0.39 is 24.5 Å². The van der Waals surface area contributed by atoms with Crippen LogP contribution in [-0.2, 0) is 4.74 Å². The lowest BCUT2D eigenvalue weighted by atomic mass is 10.1. The van der Waals surface area contributed by atoms with E-state index in [9.17, 15) is 10.2 Å². The minimum atomic E-state index is -1.19. The number of nitrogen functional groups attached to an aromatic ring is 1. The molecule has 3 heterocycles. The lowest BCUT2D eigenvalue weighted by Crippen LogP contribution is -2.30. The molecule has 9 heteroatoms. The molecule has 1 fully saturated rings. The van der Waals surface area contributed by atoms with Crippen LogP contribution in [0.15, 0.2) is 24.8 Å². The van der Waals surface area contributed by atoms with Gasteiger partial charge in [-0.2, -0.15) is 5.26 Å². The Labute approximate surface area is 118 Å². The number of hydrogen-bond donors (Lipinski definition) is 3. The maximum absolute atomic E-state index is 10.1. The van der Waals surface area contributed by atoms with Gasteiger partial charge in [-0.3, -0.25) is 4.57 Å². The third kappa shape index (κ3) is 2.11. The zero-order valence-corrected chi connectivity index (χ0v) is 10.7. The molecule has 3 rings (SSSR count). The molecule has 0 spiro atoms. The number of aliphatic hydroxyl groups is 2. The Morgan fingerprint density at radius 3 is 2.90 bits per heavy atom. The second kappa shape index (κ2) is 5.10. The molecular weight excluding hydrogens is 276 g/mol. The van der Waals surface area contributed by atoms with Gasteiger partial charge in [0.25, 0.3) is 0 Å². The molecule has 0 amide bonds. The van der Waals surface area contributed by atoms with Crippen LogP contribution >= 0.6 is 0 Å². The first-order valence-electron chi connectivity index (χ1n) is 6.14. The van der Waals surface area contributed by atoms with Gasteiger partial charge in [-0.15, -0.1) is 0 Å². The van der Waals surface area contributed by atoms with Crippen molar-refractivity contribution in [2.45, 2.75) is 24.5 Å². The number of nitrogens with two attached hydrogens (primary N) is 1. The zero-order chi connectivity index (χ0) is 15.0. The summed E-state index contributed by atoms with van der Waals surface area (Å²) in [6, 6.07) is 1.81. The standard InChI is InChI=1S/C12H12N6O3/c13-3-1-2-6-8(19)9(20)12(21-6)18-5-17-7-10(14)15-4-16-11(7)18/h1-2,4-6,8-9,12,19-20H,(H2,14,15,16)/b2-1-/t6-,8-,9-,12-/m1/s1. The summed E-state index contributed by atoms with van der Waals surface area (Å²) in [5.74, 6) is 0.215. The van der Waals surface area contributed by atoms with Gasteiger partial charge in [0.05, 0.1) is 12.4 Å². The normalized spacial score (nSPS) is 29.2. The molecule has 1 aliphatic heterocycles. The maximum Gasteiger partial charge on any atom is 0.167 e. The first-order valence-corrected chi connectivity index (χ1v) is 6.14. The van der Waals surface area contributed by atoms with E-state index in [2.05, 4.69) is 15.0 Å². The third-order valence-corrected chi connectivity index (χ3v) is 3.30. The SMILES string of the molecule is N#C/C=C\[C@H]1O[C@@H](n2cnc3c(N)ncnc32)[C@H](O)[C@@H]1O. The van der Waals surface area contributed by atoms with Crippen molar-refractivity contribution < 1.29 is 14.9 Å². The molecule has 1 saturated heterocycles. The fourth-order valence-corrected chi connectivity index (χ4v) is 2.27. The van der Waals surface area contributed by atoms with Crippen molar-refractivity contribution in [3.8, 4) is 6.07 Å². The quantitative estimate of drug-likeness (QED) is 0.604. The van der Waals surface area contributed by atoms with Crippen molar-refractivity contribution in [3.63, 3.8) is 0 Å². The summed E-state index contributed by atoms with van der Waals surface area (Å²) in [5.41, 5.74) is 6.48. The predicted molar refractivity (Wildman–Crippen MR) is 70.4 cm³/mol. The van der Waals surface area contributed by atoms with Crippen LogP contribution in [0.5, 0.6) is 0 Å². The summed E-state index contributed by atoms with van der Waals surface area (Å²) >= 11 is 0. The van der Waals surface area contributed by atoms with Crippen molar-refractivity contribution in [1.82, 2.24) is 19.5 Å². The number of nitrogens with zero attached hydrogens (tertiary/aromatic N) is 5. The zero-order valence-electron chi connectivity index (χ0n) is 10.7. The van der Waals surface area contributed by atoms with E-state index in [1.165, 1.54) is 29.4 Å². The molecule has 0 saturated carbocycles. The molecule has 4 N–H and O–H groups in total. The molecule has 2 aromatic rings. The van der Waals surface area contributed by atoms with Crippen LogP contribution in [-0.4, -0.2) is 48.0 Å². The van der Waals surface area contributed by atoms with E-state index in [1.54, 1.807) is 0 Å². The van der Waals surface area contributed by atoms with Crippen LogP contribution in [0.4, 0.5) is 5.82 Å². The minimum Gasteiger partial charge on any atom is -0.387 e. The van der Waals surface area contributed by atoms with Crippen LogP contribution in [0.1, 0.15) is 6.23 Å². The van der Waals surface area contributed by atoms with Gasteiger partial charge in [-0.1, -0.05) is 0 Å². The van der Waals surface area contributed by atoms with E-state index in [0.717, 1.165) is 0 Å². The summed E-state index contributed by atoms with van der Waals surface area (Å²) in [6.45, 7) is 0. The van der Waals surface area contributed by atoms with Crippen LogP contribution < -0.4 is 5.73 Å². The minimum absolute atomic E-state index is 0.215. The first kappa shape index (κ1) is 13.4. The van der Waals surface area contributed by atoms with Crippen molar-refractivity contribution in [2.24, 2.45) is 0 Å². The number of aromatic nitrogens is 4. The number of allylic oxidation sites excluding steroid dienone is 1. The lowest BCUT2D eigenvalue weighted by molar-refractivity contribution is -0.0244. The van der Waals surface area contributed by atoms with Crippen LogP contribution in [0.25, 0.3) is 11.2 Å². The fraction of sp³-hybridized carbons (Fsp3) is 0.333. The van der Waals surface area contributed by atoms with Gasteiger partial charge in [0.15, 0.2) is 17.7 Å². The Morgan fingerprint density at radius 2 is 2.14 bits per heavy atom. The molecule has 9 nitrogen and oxygen atoms in total. The molecule has 0 unspecified atom stereocenters. The van der Waals surface area contributed by atoms with Crippen molar-refractivity contribution in [1.29, 1.82) is 5.26 Å². The number of nitriles is 1. The molecule has 108 valence electrons. The molecule has 0 bridgehead atoms. The van der Waals surface area contributed by atoms with Gasteiger partial charge in [0, 0.05) is 6.08 Å². The molecule has 0 radical (unpaired) electrons. The number of hydrogen-bond acceptors (Lipinski definition) is 8. The number of fused-ring (bicyclic) bond motifs is 1. The van der Waals surface area contributed by atoms with Gasteiger partial charge in [0.1, 0.15) is 30.2 Å². The average molecular weight is 288 g/mol. The van der Waals surface area contributed by atoms with Gasteiger partial charge >= 0.3 is 0 Å². The molecule has 0 aliphatic carbocycles. The average Bonchev–Trinajstić information content (AvgIpc) is 3.02. The summed E-state index contributed by atoms with van der Waals surface area (Å²) < 4.78 is 7.04. The Hall–Kier alpha value is -2.54. The second-order valence-electron chi connectivity index (χ2n) is 4.54. The van der Waals surface area contributed by atoms with E-state index in [0.29, 0.717) is 11.2 Å². The Kier molecular flexibility index (Phi) is 3.26. The highest BCUT2D eigenvalue weighted by Crippen LogP contribution is 2.32.